The quantitative estimate of drug-likeness (QED) is 0.339. The third kappa shape index (κ3) is 6.77. The first-order valence-corrected chi connectivity index (χ1v) is 8.78. The number of anilines is 1. The number of thiazole rings is 1. The van der Waals surface area contributed by atoms with Crippen LogP contribution in [0.4, 0.5) is 18.9 Å². The van der Waals surface area contributed by atoms with Crippen molar-refractivity contribution in [1.82, 2.24) is 15.6 Å². The fraction of sp³-hybridized carbons (Fsp3) is 0.312. The van der Waals surface area contributed by atoms with Crippen LogP contribution in [0.15, 0.2) is 34.6 Å². The van der Waals surface area contributed by atoms with Gasteiger partial charge in [-0.1, -0.05) is 0 Å². The molecule has 1 heterocycles. The van der Waals surface area contributed by atoms with Gasteiger partial charge in [-0.25, -0.2) is 9.98 Å². The van der Waals surface area contributed by atoms with Crippen molar-refractivity contribution in [2.24, 2.45) is 4.99 Å². The van der Waals surface area contributed by atoms with Gasteiger partial charge in [0, 0.05) is 17.6 Å². The summed E-state index contributed by atoms with van der Waals surface area (Å²) in [7, 11) is 0. The number of rotatable bonds is 6. The van der Waals surface area contributed by atoms with E-state index in [0.717, 1.165) is 16.7 Å². The summed E-state index contributed by atoms with van der Waals surface area (Å²) in [4.78, 5) is 19.5. The maximum atomic E-state index is 12.6. The average Bonchev–Trinajstić information content (AvgIpc) is 3.09. The van der Waals surface area contributed by atoms with Crippen LogP contribution in [0.25, 0.3) is 0 Å². The highest BCUT2D eigenvalue weighted by molar-refractivity contribution is 7.09. The maximum absolute atomic E-state index is 12.6. The van der Waals surface area contributed by atoms with Crippen molar-refractivity contribution in [1.29, 1.82) is 0 Å². The number of benzene rings is 1. The third-order valence-corrected chi connectivity index (χ3v) is 3.97. The highest BCUT2D eigenvalue weighted by atomic mass is 32.1. The summed E-state index contributed by atoms with van der Waals surface area (Å²) < 4.78 is 37.7. The number of phenols is 1. The van der Waals surface area contributed by atoms with Gasteiger partial charge in [0.25, 0.3) is 0 Å². The molecule has 2 aromatic rings. The Morgan fingerprint density at radius 2 is 1.96 bits per heavy atom. The van der Waals surface area contributed by atoms with Gasteiger partial charge in [-0.05, 0) is 31.2 Å². The van der Waals surface area contributed by atoms with Gasteiger partial charge in [0.05, 0.1) is 6.54 Å². The van der Waals surface area contributed by atoms with Crippen LogP contribution in [-0.4, -0.2) is 35.0 Å². The second-order valence-corrected chi connectivity index (χ2v) is 6.21. The van der Waals surface area contributed by atoms with E-state index in [-0.39, 0.29) is 35.7 Å². The molecular formula is C16H18F3N5O2S. The third-order valence-electron chi connectivity index (χ3n) is 3.13. The average molecular weight is 401 g/mol. The van der Waals surface area contributed by atoms with Crippen molar-refractivity contribution >= 4 is 28.9 Å². The molecule has 0 aliphatic heterocycles. The van der Waals surface area contributed by atoms with E-state index < -0.39 is 11.9 Å². The van der Waals surface area contributed by atoms with Crippen LogP contribution < -0.4 is 16.0 Å². The molecule has 0 spiro atoms. The summed E-state index contributed by atoms with van der Waals surface area (Å²) in [5.41, 5.74) is -0.423. The lowest BCUT2D eigenvalue weighted by atomic mass is 10.3. The second kappa shape index (κ2) is 9.21. The van der Waals surface area contributed by atoms with Gasteiger partial charge in [-0.15, -0.1) is 11.3 Å². The fourth-order valence-corrected chi connectivity index (χ4v) is 2.66. The molecule has 0 fully saturated rings. The van der Waals surface area contributed by atoms with Crippen molar-refractivity contribution in [2.45, 2.75) is 19.6 Å². The van der Waals surface area contributed by atoms with Gasteiger partial charge in [0.15, 0.2) is 11.7 Å². The van der Waals surface area contributed by atoms with Gasteiger partial charge >= 0.3 is 6.18 Å². The number of hydrogen-bond donors (Lipinski definition) is 4. The lowest BCUT2D eigenvalue weighted by molar-refractivity contribution is -0.140. The Bertz CT molecular complexity index is 790. The number of aromatic hydroxyl groups is 1. The van der Waals surface area contributed by atoms with Gasteiger partial charge < -0.3 is 21.1 Å². The summed E-state index contributed by atoms with van der Waals surface area (Å²) >= 11 is 0.888. The van der Waals surface area contributed by atoms with E-state index in [4.69, 9.17) is 0 Å². The molecule has 1 aromatic carbocycles. The highest BCUT2D eigenvalue weighted by Crippen LogP contribution is 2.29. The molecule has 0 unspecified atom stereocenters. The SMILES string of the molecule is CCNC(=NCC(=O)Nc1ccc(O)cc1)NCc1nc(C(F)(F)F)cs1. The van der Waals surface area contributed by atoms with Crippen LogP contribution in [0.2, 0.25) is 0 Å². The molecule has 27 heavy (non-hydrogen) atoms. The normalized spacial score (nSPS) is 11.9. The van der Waals surface area contributed by atoms with E-state index in [0.29, 0.717) is 12.2 Å². The van der Waals surface area contributed by atoms with E-state index in [9.17, 15) is 23.1 Å². The highest BCUT2D eigenvalue weighted by Gasteiger charge is 2.33. The number of phenolic OH excluding ortho intramolecular Hbond substituents is 1. The van der Waals surface area contributed by atoms with E-state index in [1.165, 1.54) is 12.1 Å². The number of hydrogen-bond acceptors (Lipinski definition) is 5. The molecule has 0 aliphatic rings. The van der Waals surface area contributed by atoms with Gasteiger partial charge in [0.2, 0.25) is 5.91 Å². The standard InChI is InChI=1S/C16H18F3N5O2S/c1-2-20-15(22-8-14-24-12(9-27-14)16(17,18)19)21-7-13(26)23-10-3-5-11(25)6-4-10/h3-6,9,25H,2,7-8H2,1H3,(H,23,26)(H2,20,21,22). The molecule has 0 bridgehead atoms. The van der Waals surface area contributed by atoms with E-state index in [1.807, 2.05) is 6.92 Å². The minimum absolute atomic E-state index is 0.0478. The zero-order valence-electron chi connectivity index (χ0n) is 14.3. The largest absolute Gasteiger partial charge is 0.508 e. The molecular weight excluding hydrogens is 383 g/mol. The number of carbonyl (C=O) groups excluding carboxylic acids is 1. The smallest absolute Gasteiger partial charge is 0.434 e. The number of guanidine groups is 1. The van der Waals surface area contributed by atoms with Crippen molar-refractivity contribution in [2.75, 3.05) is 18.4 Å². The molecule has 4 N–H and O–H groups in total. The van der Waals surface area contributed by atoms with Crippen LogP contribution in [0.5, 0.6) is 5.75 Å². The maximum Gasteiger partial charge on any atom is 0.434 e. The summed E-state index contributed by atoms with van der Waals surface area (Å²) in [5.74, 6) is -0.0193. The Balaban J connectivity index is 1.90. The first-order valence-electron chi connectivity index (χ1n) is 7.90. The van der Waals surface area contributed by atoms with E-state index in [1.54, 1.807) is 12.1 Å². The predicted octanol–water partition coefficient (Wildman–Crippen LogP) is 2.56. The van der Waals surface area contributed by atoms with Crippen LogP contribution in [0.3, 0.4) is 0 Å². The molecule has 146 valence electrons. The van der Waals surface area contributed by atoms with Crippen molar-refractivity contribution in [3.63, 3.8) is 0 Å². The second-order valence-electron chi connectivity index (χ2n) is 5.27. The van der Waals surface area contributed by atoms with Gasteiger partial charge in [-0.3, -0.25) is 4.79 Å². The lowest BCUT2D eigenvalue weighted by Gasteiger charge is -2.10. The van der Waals surface area contributed by atoms with E-state index in [2.05, 4.69) is 25.9 Å². The number of carbonyl (C=O) groups is 1. The molecule has 0 atom stereocenters. The molecule has 7 nitrogen and oxygen atoms in total. The first-order chi connectivity index (χ1) is 12.8. The van der Waals surface area contributed by atoms with Crippen LogP contribution in [0.1, 0.15) is 17.6 Å². The van der Waals surface area contributed by atoms with Crippen molar-refractivity contribution in [3.8, 4) is 5.75 Å². The molecule has 1 aromatic heterocycles. The Kier molecular flexibility index (Phi) is 6.99. The molecule has 0 radical (unpaired) electrons. The molecule has 0 saturated heterocycles. The number of alkyl halides is 3. The zero-order valence-corrected chi connectivity index (χ0v) is 15.1. The molecule has 1 amide bonds. The number of amides is 1. The van der Waals surface area contributed by atoms with Crippen molar-refractivity contribution in [3.05, 3.63) is 40.3 Å². The summed E-state index contributed by atoms with van der Waals surface area (Å²) in [6, 6.07) is 5.96. The fourth-order valence-electron chi connectivity index (χ4n) is 1.92. The summed E-state index contributed by atoms with van der Waals surface area (Å²) in [6.07, 6.45) is -4.47. The first kappa shape index (κ1) is 20.5. The topological polar surface area (TPSA) is 98.6 Å². The minimum atomic E-state index is -4.47. The molecule has 11 heteroatoms. The molecule has 0 saturated carbocycles. The van der Waals surface area contributed by atoms with Crippen LogP contribution in [-0.2, 0) is 17.5 Å². The van der Waals surface area contributed by atoms with Crippen LogP contribution in [0, 0.1) is 0 Å². The Labute approximate surface area is 157 Å². The minimum Gasteiger partial charge on any atom is -0.508 e. The van der Waals surface area contributed by atoms with Crippen LogP contribution >= 0.6 is 11.3 Å². The van der Waals surface area contributed by atoms with Crippen molar-refractivity contribution < 1.29 is 23.1 Å². The Morgan fingerprint density at radius 3 is 2.56 bits per heavy atom. The summed E-state index contributed by atoms with van der Waals surface area (Å²) in [5, 5.41) is 18.8. The van der Waals surface area contributed by atoms with Gasteiger partial charge in [0.1, 0.15) is 17.3 Å². The van der Waals surface area contributed by atoms with Gasteiger partial charge in [-0.2, -0.15) is 13.2 Å². The number of aromatic nitrogens is 1. The monoisotopic (exact) mass is 401 g/mol. The summed E-state index contributed by atoms with van der Waals surface area (Å²) in [6.45, 7) is 2.18. The molecule has 0 aliphatic carbocycles. The zero-order chi connectivity index (χ0) is 19.9. The number of nitrogens with one attached hydrogen (secondary N) is 3. The Morgan fingerprint density at radius 1 is 1.26 bits per heavy atom. The number of halogens is 3. The number of nitrogens with zero attached hydrogens (tertiary/aromatic N) is 2. The number of aliphatic imine (C=N–C) groups is 1. The Hall–Kier alpha value is -2.82. The van der Waals surface area contributed by atoms with E-state index >= 15 is 0 Å². The lowest BCUT2D eigenvalue weighted by Crippen LogP contribution is -2.37. The predicted molar refractivity (Wildman–Crippen MR) is 96.7 cm³/mol. The molecule has 2 rings (SSSR count).